The summed E-state index contributed by atoms with van der Waals surface area (Å²) in [5, 5.41) is 43.4. The molecule has 294 valence electrons. The van der Waals surface area contributed by atoms with E-state index in [4.69, 9.17) is 0 Å². The van der Waals surface area contributed by atoms with Crippen LogP contribution in [0.4, 0.5) is 38.9 Å². The minimum atomic E-state index is -5.29. The van der Waals surface area contributed by atoms with E-state index < -0.39 is 73.9 Å². The second-order valence-corrected chi connectivity index (χ2v) is 16.5. The summed E-state index contributed by atoms with van der Waals surface area (Å²) in [4.78, 5) is 10.7. The molecule has 0 fully saturated rings. The number of fused-ring (bicyclic) bond motifs is 3. The topological polar surface area (TPSA) is 303 Å². The Balaban J connectivity index is 0.00000273. The van der Waals surface area contributed by atoms with Crippen molar-refractivity contribution in [3.63, 3.8) is 0 Å². The number of azo groups is 2. The molecule has 0 aromatic heterocycles. The fraction of sp³-hybridized carbons (Fsp3) is 0. The Hall–Kier alpha value is -3.88. The van der Waals surface area contributed by atoms with Gasteiger partial charge in [0.25, 0.3) is 0 Å². The summed E-state index contributed by atoms with van der Waals surface area (Å²) in [7, 11) is -15.2. The number of hydrogen-bond donors (Lipinski definition) is 4. The first-order valence-electron chi connectivity index (χ1n) is 16.3. The number of aromatic hydroxyl groups is 2. The Bertz CT molecular complexity index is 3270. The average Bonchev–Trinajstić information content (AvgIpc) is 3.15. The van der Waals surface area contributed by atoms with E-state index in [-0.39, 0.29) is 133 Å². The molecule has 18 nitrogen and oxygen atoms in total. The van der Waals surface area contributed by atoms with Gasteiger partial charge in [0, 0.05) is 22.1 Å². The first kappa shape index (κ1) is 49.8. The van der Waals surface area contributed by atoms with Crippen LogP contribution in [-0.2, 0) is 30.4 Å². The molecule has 0 aliphatic heterocycles. The number of anilines is 2. The molecule has 0 aliphatic rings. The Morgan fingerprint density at radius 1 is 0.475 bits per heavy atom. The fourth-order valence-corrected chi connectivity index (χ4v) is 7.66. The third-order valence-electron chi connectivity index (χ3n) is 8.53. The predicted octanol–water partition coefficient (Wildman–Crippen LogP) is -1.24. The maximum Gasteiger partial charge on any atom is 1.00 e. The van der Waals surface area contributed by atoms with Crippen molar-refractivity contribution in [2.45, 2.75) is 14.7 Å². The number of benzene rings is 7. The number of nitrogens with zero attached hydrogens (tertiary/aromatic N) is 4. The van der Waals surface area contributed by atoms with Gasteiger partial charge >= 0.3 is 94.7 Å². The molecule has 7 aromatic rings. The smallest absolute Gasteiger partial charge is 0.744 e. The number of nitrogens with one attached hydrogen (secondary N) is 2. The summed E-state index contributed by atoms with van der Waals surface area (Å²) in [6, 6.07) is 25.1. The third kappa shape index (κ3) is 11.4. The van der Waals surface area contributed by atoms with E-state index in [2.05, 4.69) is 31.1 Å². The van der Waals surface area contributed by atoms with Crippen LogP contribution in [0.3, 0.4) is 0 Å². The second kappa shape index (κ2) is 19.7. The van der Waals surface area contributed by atoms with Crippen molar-refractivity contribution in [3.05, 3.63) is 115 Å². The Morgan fingerprint density at radius 3 is 1.43 bits per heavy atom. The van der Waals surface area contributed by atoms with Gasteiger partial charge in [-0.3, -0.25) is 0 Å². The predicted molar refractivity (Wildman–Crippen MR) is 206 cm³/mol. The van der Waals surface area contributed by atoms with Crippen molar-refractivity contribution >= 4 is 103 Å². The van der Waals surface area contributed by atoms with Crippen LogP contribution in [0.1, 0.15) is 0 Å². The minimum Gasteiger partial charge on any atom is -0.744 e. The van der Waals surface area contributed by atoms with E-state index in [1.807, 2.05) is 0 Å². The van der Waals surface area contributed by atoms with E-state index in [0.717, 1.165) is 24.3 Å². The molecule has 61 heavy (non-hydrogen) atoms. The van der Waals surface area contributed by atoms with Gasteiger partial charge in [0.1, 0.15) is 41.7 Å². The van der Waals surface area contributed by atoms with Gasteiger partial charge in [-0.1, -0.05) is 30.3 Å². The van der Waals surface area contributed by atoms with Crippen LogP contribution in [0.15, 0.2) is 150 Å². The molecule has 7 rings (SSSR count). The maximum atomic E-state index is 13.0. The number of phenols is 2. The van der Waals surface area contributed by atoms with Crippen molar-refractivity contribution in [3.8, 4) is 11.5 Å². The van der Waals surface area contributed by atoms with Gasteiger partial charge in [0.2, 0.25) is 0 Å². The molecular weight excluding hydrogens is 886 g/mol. The molecule has 0 radical (unpaired) electrons. The first-order valence-corrected chi connectivity index (χ1v) is 20.6. The van der Waals surface area contributed by atoms with E-state index >= 15 is 0 Å². The van der Waals surface area contributed by atoms with E-state index in [1.54, 1.807) is 30.3 Å². The molecule has 0 spiro atoms. The number of phenolic OH excluding ortho intramolecular Hbond substituents is 2. The summed E-state index contributed by atoms with van der Waals surface area (Å²) < 4.78 is 108. The third-order valence-corrected chi connectivity index (χ3v) is 11.1. The summed E-state index contributed by atoms with van der Waals surface area (Å²) in [6.07, 6.45) is 0. The molecule has 4 N–H and O–H groups in total. The normalized spacial score (nSPS) is 11.9. The molecular formula is C37H23N6Na3O12S3. The molecule has 24 heteroatoms. The number of urea groups is 1. The quantitative estimate of drug-likeness (QED) is 0.0751. The molecule has 0 unspecified atom stereocenters. The molecule has 2 amide bonds. The van der Waals surface area contributed by atoms with E-state index in [0.29, 0.717) is 11.1 Å². The van der Waals surface area contributed by atoms with Crippen LogP contribution in [0.5, 0.6) is 11.5 Å². The van der Waals surface area contributed by atoms with Crippen molar-refractivity contribution in [1.82, 2.24) is 0 Å². The molecule has 0 bridgehead atoms. The second-order valence-electron chi connectivity index (χ2n) is 12.4. The van der Waals surface area contributed by atoms with Crippen LogP contribution in [0.2, 0.25) is 0 Å². The van der Waals surface area contributed by atoms with Crippen molar-refractivity contribution < 1.29 is 143 Å². The van der Waals surface area contributed by atoms with Gasteiger partial charge < -0.3 is 34.5 Å². The zero-order valence-electron chi connectivity index (χ0n) is 32.0. The van der Waals surface area contributed by atoms with Gasteiger partial charge in [0.15, 0.2) is 11.5 Å². The minimum absolute atomic E-state index is 0. The Kier molecular flexibility index (Phi) is 16.0. The van der Waals surface area contributed by atoms with Crippen LogP contribution < -0.4 is 99.3 Å². The SMILES string of the molecule is O=C(Nc1ccc2c(O)c(N=Nc3ccccc3)c(S(=O)(=O)[O-])cc2c1)Nc1ccc2c(O)c(N=Nc3ccc4ccc(S(=O)(=O)[O-])cc4c3)c(S(=O)(=O)[O-])cc2c1.[Na+].[Na+].[Na+]. The molecule has 7 aromatic carbocycles. The van der Waals surface area contributed by atoms with Gasteiger partial charge in [-0.2, -0.15) is 10.2 Å². The average molecular weight is 909 g/mol. The fourth-order valence-electron chi connectivity index (χ4n) is 5.87. The molecule has 0 saturated heterocycles. The molecule has 0 saturated carbocycles. The number of amides is 2. The van der Waals surface area contributed by atoms with Crippen LogP contribution in [-0.4, -0.2) is 55.2 Å². The van der Waals surface area contributed by atoms with Crippen LogP contribution in [0.25, 0.3) is 32.3 Å². The monoisotopic (exact) mass is 908 g/mol. The summed E-state index contributed by atoms with van der Waals surface area (Å²) in [5.41, 5.74) is -0.728. The standard InChI is InChI=1S/C37H26N6O12S3.3Na/c44-35-29-12-9-25(15-22(29)18-31(57(50,51)52)33(35)42-40-24-4-2-1-3-5-24)38-37(46)39-26-10-13-30-23(16-26)19-32(58(53,54)55)34(36(30)45)43-41-27-8-6-20-7-11-28(56(47,48)49)17-21(20)14-27;;;/h1-19,44-45H,(H2,38,39,46)(H,47,48,49)(H,50,51,52)(H,53,54,55);;;/q;3*+1/p-3. The molecule has 0 heterocycles. The zero-order chi connectivity index (χ0) is 41.6. The van der Waals surface area contributed by atoms with Crippen LogP contribution >= 0.6 is 0 Å². The van der Waals surface area contributed by atoms with E-state index in [9.17, 15) is 53.9 Å². The van der Waals surface area contributed by atoms with Gasteiger partial charge in [0.05, 0.1) is 26.1 Å². The largest absolute Gasteiger partial charge is 1.00 e. The zero-order valence-corrected chi connectivity index (χ0v) is 40.4. The van der Waals surface area contributed by atoms with Gasteiger partial charge in [-0.25, -0.2) is 30.0 Å². The Morgan fingerprint density at radius 2 is 0.951 bits per heavy atom. The summed E-state index contributed by atoms with van der Waals surface area (Å²) in [5.74, 6) is -1.38. The molecule has 0 aliphatic carbocycles. The van der Waals surface area contributed by atoms with Crippen molar-refractivity contribution in [1.29, 1.82) is 0 Å². The number of carbonyl (C=O) groups excluding carboxylic acids is 1. The van der Waals surface area contributed by atoms with Gasteiger partial charge in [-0.15, -0.1) is 10.2 Å². The van der Waals surface area contributed by atoms with E-state index in [1.165, 1.54) is 60.7 Å². The maximum absolute atomic E-state index is 13.0. The number of hydrogen-bond acceptors (Lipinski definition) is 16. The van der Waals surface area contributed by atoms with Gasteiger partial charge in [-0.05, 0) is 106 Å². The number of rotatable bonds is 9. The van der Waals surface area contributed by atoms with Crippen LogP contribution in [0, 0.1) is 0 Å². The summed E-state index contributed by atoms with van der Waals surface area (Å²) >= 11 is 0. The first-order chi connectivity index (χ1) is 27.3. The number of carbonyl (C=O) groups is 1. The Labute approximate surface area is 413 Å². The summed E-state index contributed by atoms with van der Waals surface area (Å²) in [6.45, 7) is 0. The van der Waals surface area contributed by atoms with Crippen molar-refractivity contribution in [2.75, 3.05) is 10.6 Å². The molecule has 0 atom stereocenters. The van der Waals surface area contributed by atoms with Crippen molar-refractivity contribution in [2.24, 2.45) is 20.5 Å².